The monoisotopic (exact) mass is 387 g/mol. The van der Waals surface area contributed by atoms with Gasteiger partial charge in [-0.25, -0.2) is 4.39 Å². The lowest BCUT2D eigenvalue weighted by Crippen LogP contribution is -2.30. The number of fused-ring (bicyclic) bond motifs is 2. The van der Waals surface area contributed by atoms with Crippen LogP contribution in [0.15, 0.2) is 42.5 Å². The van der Waals surface area contributed by atoms with Crippen molar-refractivity contribution < 1.29 is 14.3 Å². The molecular formula is C22H23ClFNO2. The molecule has 27 heavy (non-hydrogen) atoms. The van der Waals surface area contributed by atoms with E-state index in [0.717, 1.165) is 44.5 Å². The first-order valence-electron chi connectivity index (χ1n) is 9.46. The van der Waals surface area contributed by atoms with Crippen LogP contribution in [-0.2, 0) is 5.41 Å². The van der Waals surface area contributed by atoms with Gasteiger partial charge in [-0.3, -0.25) is 4.79 Å². The summed E-state index contributed by atoms with van der Waals surface area (Å²) >= 11 is 6.20. The standard InChI is InChI=1S/C22H23ClFNO2/c23-16-5-8-18-19(12-16)22(13-21(18)27)9-11-25(14-22)10-1-2-20(26)15-3-6-17(24)7-4-15/h3-8,12,21,27H,1-2,9-11,13-14H2. The summed E-state index contributed by atoms with van der Waals surface area (Å²) in [5.41, 5.74) is 2.73. The average Bonchev–Trinajstić information content (AvgIpc) is 3.17. The first kappa shape index (κ1) is 18.6. The van der Waals surface area contributed by atoms with Gasteiger partial charge in [0.2, 0.25) is 0 Å². The van der Waals surface area contributed by atoms with Crippen molar-refractivity contribution >= 4 is 17.4 Å². The molecule has 1 spiro atoms. The highest BCUT2D eigenvalue weighted by Gasteiger charge is 2.47. The van der Waals surface area contributed by atoms with E-state index in [0.29, 0.717) is 17.0 Å². The predicted octanol–water partition coefficient (Wildman–Crippen LogP) is 4.52. The molecule has 0 aromatic heterocycles. The van der Waals surface area contributed by atoms with Crippen molar-refractivity contribution in [3.8, 4) is 0 Å². The van der Waals surface area contributed by atoms with Gasteiger partial charge in [0.25, 0.3) is 0 Å². The number of benzene rings is 2. The van der Waals surface area contributed by atoms with Crippen molar-refractivity contribution in [2.24, 2.45) is 0 Å². The number of carbonyl (C=O) groups excluding carboxylic acids is 1. The van der Waals surface area contributed by atoms with E-state index in [1.54, 1.807) is 12.1 Å². The van der Waals surface area contributed by atoms with Crippen LogP contribution in [0.3, 0.4) is 0 Å². The van der Waals surface area contributed by atoms with Gasteiger partial charge < -0.3 is 10.0 Å². The molecule has 1 N–H and O–H groups in total. The smallest absolute Gasteiger partial charge is 0.162 e. The fraction of sp³-hybridized carbons (Fsp3) is 0.409. The van der Waals surface area contributed by atoms with Gasteiger partial charge in [0.15, 0.2) is 5.78 Å². The van der Waals surface area contributed by atoms with E-state index < -0.39 is 6.10 Å². The van der Waals surface area contributed by atoms with Gasteiger partial charge in [0.05, 0.1) is 6.10 Å². The van der Waals surface area contributed by atoms with Crippen LogP contribution in [0.5, 0.6) is 0 Å². The van der Waals surface area contributed by atoms with Crippen LogP contribution in [-0.4, -0.2) is 35.4 Å². The molecule has 2 unspecified atom stereocenters. The predicted molar refractivity (Wildman–Crippen MR) is 104 cm³/mol. The molecule has 2 aromatic rings. The number of ketones is 1. The number of aliphatic hydroxyl groups excluding tert-OH is 1. The highest BCUT2D eigenvalue weighted by Crippen LogP contribution is 2.50. The number of halogens is 2. The van der Waals surface area contributed by atoms with E-state index in [2.05, 4.69) is 4.90 Å². The van der Waals surface area contributed by atoms with Crippen molar-refractivity contribution in [3.63, 3.8) is 0 Å². The molecule has 2 aliphatic rings. The Morgan fingerprint density at radius 1 is 1.26 bits per heavy atom. The number of aliphatic hydroxyl groups is 1. The summed E-state index contributed by atoms with van der Waals surface area (Å²) in [6, 6.07) is 11.5. The maximum Gasteiger partial charge on any atom is 0.162 e. The van der Waals surface area contributed by atoms with E-state index in [4.69, 9.17) is 11.6 Å². The zero-order chi connectivity index (χ0) is 19.0. The Balaban J connectivity index is 1.35. The summed E-state index contributed by atoms with van der Waals surface area (Å²) < 4.78 is 13.0. The summed E-state index contributed by atoms with van der Waals surface area (Å²) in [4.78, 5) is 14.6. The summed E-state index contributed by atoms with van der Waals surface area (Å²) in [5.74, 6) is -0.273. The lowest BCUT2D eigenvalue weighted by Gasteiger charge is -2.25. The Morgan fingerprint density at radius 3 is 2.81 bits per heavy atom. The van der Waals surface area contributed by atoms with Gasteiger partial charge in [-0.05, 0) is 79.9 Å². The van der Waals surface area contributed by atoms with Crippen LogP contribution in [0.1, 0.15) is 53.3 Å². The third-order valence-corrected chi connectivity index (χ3v) is 6.24. The van der Waals surface area contributed by atoms with Gasteiger partial charge in [0.1, 0.15) is 5.82 Å². The van der Waals surface area contributed by atoms with E-state index in [1.165, 1.54) is 17.7 Å². The SMILES string of the molecule is O=C(CCCN1CCC2(CC(O)c3ccc(Cl)cc32)C1)c1ccc(F)cc1. The van der Waals surface area contributed by atoms with E-state index in [1.807, 2.05) is 18.2 Å². The molecule has 0 bridgehead atoms. The molecule has 4 rings (SSSR count). The topological polar surface area (TPSA) is 40.5 Å². The Morgan fingerprint density at radius 2 is 2.04 bits per heavy atom. The molecule has 0 amide bonds. The second-order valence-electron chi connectivity index (χ2n) is 7.79. The number of rotatable bonds is 5. The Kier molecular flexibility index (Phi) is 5.06. The largest absolute Gasteiger partial charge is 0.388 e. The van der Waals surface area contributed by atoms with Crippen LogP contribution in [0.2, 0.25) is 5.02 Å². The zero-order valence-electron chi connectivity index (χ0n) is 15.1. The van der Waals surface area contributed by atoms with Gasteiger partial charge in [-0.15, -0.1) is 0 Å². The van der Waals surface area contributed by atoms with Crippen molar-refractivity contribution in [1.29, 1.82) is 0 Å². The lowest BCUT2D eigenvalue weighted by molar-refractivity contribution is 0.0975. The number of nitrogens with zero attached hydrogens (tertiary/aromatic N) is 1. The average molecular weight is 388 g/mol. The van der Waals surface area contributed by atoms with Crippen molar-refractivity contribution in [2.75, 3.05) is 19.6 Å². The minimum atomic E-state index is -0.419. The lowest BCUT2D eigenvalue weighted by atomic mass is 9.81. The third-order valence-electron chi connectivity index (χ3n) is 6.01. The van der Waals surface area contributed by atoms with Crippen molar-refractivity contribution in [3.05, 3.63) is 70.0 Å². The molecule has 1 saturated heterocycles. The Hall–Kier alpha value is -1.75. The van der Waals surface area contributed by atoms with E-state index in [9.17, 15) is 14.3 Å². The summed E-state index contributed by atoms with van der Waals surface area (Å²) in [5, 5.41) is 11.2. The van der Waals surface area contributed by atoms with Crippen LogP contribution < -0.4 is 0 Å². The molecule has 1 aliphatic carbocycles. The quantitative estimate of drug-likeness (QED) is 0.766. The highest BCUT2D eigenvalue weighted by molar-refractivity contribution is 6.30. The molecule has 1 heterocycles. The molecule has 0 radical (unpaired) electrons. The first-order valence-corrected chi connectivity index (χ1v) is 9.84. The highest BCUT2D eigenvalue weighted by atomic mass is 35.5. The summed E-state index contributed by atoms with van der Waals surface area (Å²) in [7, 11) is 0. The third kappa shape index (κ3) is 3.66. The Labute approximate surface area is 163 Å². The fourth-order valence-electron chi connectivity index (χ4n) is 4.65. The molecule has 2 atom stereocenters. The molecule has 1 fully saturated rings. The van der Waals surface area contributed by atoms with Crippen molar-refractivity contribution in [2.45, 2.75) is 37.2 Å². The summed E-state index contributed by atoms with van der Waals surface area (Å²) in [6.45, 7) is 2.70. The Bertz CT molecular complexity index is 854. The molecule has 2 aromatic carbocycles. The zero-order valence-corrected chi connectivity index (χ0v) is 15.9. The van der Waals surface area contributed by atoms with Crippen LogP contribution in [0, 0.1) is 5.82 Å². The van der Waals surface area contributed by atoms with Crippen LogP contribution in [0.4, 0.5) is 4.39 Å². The van der Waals surface area contributed by atoms with Crippen LogP contribution in [0.25, 0.3) is 0 Å². The minimum absolute atomic E-state index is 0.0272. The number of carbonyl (C=O) groups is 1. The van der Waals surface area contributed by atoms with Gasteiger partial charge in [-0.2, -0.15) is 0 Å². The first-order chi connectivity index (χ1) is 13.0. The minimum Gasteiger partial charge on any atom is -0.388 e. The molecule has 142 valence electrons. The van der Waals surface area contributed by atoms with Crippen molar-refractivity contribution in [1.82, 2.24) is 4.90 Å². The number of likely N-dealkylation sites (tertiary alicyclic amines) is 1. The molecule has 5 heteroatoms. The van der Waals surface area contributed by atoms with Gasteiger partial charge in [0, 0.05) is 29.0 Å². The van der Waals surface area contributed by atoms with Gasteiger partial charge >= 0.3 is 0 Å². The maximum absolute atomic E-state index is 13.0. The van der Waals surface area contributed by atoms with Gasteiger partial charge in [-0.1, -0.05) is 17.7 Å². The van der Waals surface area contributed by atoms with E-state index >= 15 is 0 Å². The second kappa shape index (κ2) is 7.34. The fourth-order valence-corrected chi connectivity index (χ4v) is 4.82. The number of hydrogen-bond acceptors (Lipinski definition) is 3. The number of hydrogen-bond donors (Lipinski definition) is 1. The second-order valence-corrected chi connectivity index (χ2v) is 8.23. The maximum atomic E-state index is 13.0. The summed E-state index contributed by atoms with van der Waals surface area (Å²) in [6.07, 6.45) is 2.56. The van der Waals surface area contributed by atoms with E-state index in [-0.39, 0.29) is 17.0 Å². The molecule has 1 aliphatic heterocycles. The number of Topliss-reactive ketones (excluding diaryl/α,β-unsaturated/α-hetero) is 1. The molecule has 3 nitrogen and oxygen atoms in total. The van der Waals surface area contributed by atoms with Crippen LogP contribution >= 0.6 is 11.6 Å². The molecule has 0 saturated carbocycles. The normalized spacial score (nSPS) is 24.5. The molecular weight excluding hydrogens is 365 g/mol.